The molecule has 0 radical (unpaired) electrons. The Labute approximate surface area is 145 Å². The molecule has 7 nitrogen and oxygen atoms in total. The summed E-state index contributed by atoms with van der Waals surface area (Å²) >= 11 is 0. The topological polar surface area (TPSA) is 79.7 Å². The lowest BCUT2D eigenvalue weighted by Gasteiger charge is -2.33. The number of tetrazole rings is 1. The van der Waals surface area contributed by atoms with Crippen LogP contribution in [0.3, 0.4) is 0 Å². The Morgan fingerprint density at radius 3 is 2.88 bits per heavy atom. The molecule has 1 atom stereocenters. The number of nitrogens with zero attached hydrogens (tertiary/aromatic N) is 5. The van der Waals surface area contributed by atoms with Crippen molar-refractivity contribution in [2.45, 2.75) is 25.2 Å². The van der Waals surface area contributed by atoms with Gasteiger partial charge in [0.2, 0.25) is 0 Å². The van der Waals surface area contributed by atoms with E-state index in [1.165, 1.54) is 0 Å². The second kappa shape index (κ2) is 5.15. The van der Waals surface area contributed by atoms with E-state index in [-0.39, 0.29) is 11.3 Å². The molecule has 1 N–H and O–H groups in total. The van der Waals surface area contributed by atoms with Crippen molar-refractivity contribution in [3.63, 3.8) is 0 Å². The minimum Gasteiger partial charge on any atom is -0.351 e. The van der Waals surface area contributed by atoms with E-state index in [2.05, 4.69) is 31.3 Å². The van der Waals surface area contributed by atoms with Gasteiger partial charge in [0.05, 0.1) is 0 Å². The molecule has 1 aromatic carbocycles. The first-order valence-electron chi connectivity index (χ1n) is 8.75. The van der Waals surface area contributed by atoms with Gasteiger partial charge >= 0.3 is 0 Å². The summed E-state index contributed by atoms with van der Waals surface area (Å²) in [5.41, 5.74) is 2.18. The Morgan fingerprint density at radius 2 is 2.12 bits per heavy atom. The molecule has 25 heavy (non-hydrogen) atoms. The fourth-order valence-corrected chi connectivity index (χ4v) is 4.40. The standard InChI is InChI=1S/C18H20N6O/c1-23-8-5-12-13(3-2-4-15(12)23)17(25)24-9-6-18(7-10-24)11-14(18)16-19-21-22-20-16/h2-5,8,14H,6-7,9-11H2,1H3,(H,19,20,21,22). The number of H-pyrrole nitrogens is 1. The number of aromatic amines is 1. The first kappa shape index (κ1) is 14.6. The third kappa shape index (κ3) is 2.18. The van der Waals surface area contributed by atoms with Gasteiger partial charge in [-0.05, 0) is 42.9 Å². The van der Waals surface area contributed by atoms with Gasteiger partial charge in [0.1, 0.15) is 0 Å². The Kier molecular flexibility index (Phi) is 3.01. The molecule has 1 aliphatic carbocycles. The summed E-state index contributed by atoms with van der Waals surface area (Å²) in [5, 5.41) is 15.5. The van der Waals surface area contributed by atoms with Gasteiger partial charge in [-0.1, -0.05) is 11.3 Å². The zero-order valence-electron chi connectivity index (χ0n) is 14.1. The van der Waals surface area contributed by atoms with Crippen LogP contribution in [0.1, 0.15) is 41.4 Å². The van der Waals surface area contributed by atoms with Crippen LogP contribution in [0.2, 0.25) is 0 Å². The summed E-state index contributed by atoms with van der Waals surface area (Å²) in [6.45, 7) is 1.60. The van der Waals surface area contributed by atoms with Crippen LogP contribution in [0.5, 0.6) is 0 Å². The molecule has 1 amide bonds. The predicted octanol–water partition coefficient (Wildman–Crippen LogP) is 2.10. The molecule has 5 rings (SSSR count). The van der Waals surface area contributed by atoms with Crippen molar-refractivity contribution in [2.75, 3.05) is 13.1 Å². The SMILES string of the molecule is Cn1ccc2c(C(=O)N3CCC4(CC3)CC4c3nn[nH]n3)cccc21. The highest BCUT2D eigenvalue weighted by molar-refractivity contribution is 6.06. The molecule has 7 heteroatoms. The molecule has 1 saturated carbocycles. The zero-order chi connectivity index (χ0) is 17.0. The quantitative estimate of drug-likeness (QED) is 0.777. The third-order valence-corrected chi connectivity index (χ3v) is 6.07. The highest BCUT2D eigenvalue weighted by Crippen LogP contribution is 2.64. The summed E-state index contributed by atoms with van der Waals surface area (Å²) in [4.78, 5) is 15.0. The van der Waals surface area contributed by atoms with Crippen LogP contribution < -0.4 is 0 Å². The highest BCUT2D eigenvalue weighted by Gasteiger charge is 2.57. The van der Waals surface area contributed by atoms with Crippen molar-refractivity contribution >= 4 is 16.8 Å². The molecule has 2 aliphatic rings. The smallest absolute Gasteiger partial charge is 0.254 e. The Balaban J connectivity index is 1.33. The molecule has 1 spiro atoms. The van der Waals surface area contributed by atoms with Gasteiger partial charge in [-0.15, -0.1) is 10.2 Å². The minimum atomic E-state index is 0.142. The maximum atomic E-state index is 13.0. The fourth-order valence-electron chi connectivity index (χ4n) is 4.40. The van der Waals surface area contributed by atoms with Gasteiger partial charge in [0.15, 0.2) is 5.82 Å². The summed E-state index contributed by atoms with van der Waals surface area (Å²) in [5.74, 6) is 1.37. The fraction of sp³-hybridized carbons (Fsp3) is 0.444. The van der Waals surface area contributed by atoms with Crippen molar-refractivity contribution in [3.8, 4) is 0 Å². The van der Waals surface area contributed by atoms with Crippen molar-refractivity contribution in [1.82, 2.24) is 30.1 Å². The molecule has 1 aliphatic heterocycles. The number of benzene rings is 1. The number of likely N-dealkylation sites (tertiary alicyclic amines) is 1. The number of amides is 1. The Morgan fingerprint density at radius 1 is 1.28 bits per heavy atom. The van der Waals surface area contributed by atoms with Gasteiger partial charge in [0, 0.05) is 48.7 Å². The van der Waals surface area contributed by atoms with Gasteiger partial charge in [0.25, 0.3) is 5.91 Å². The number of nitrogens with one attached hydrogen (secondary N) is 1. The predicted molar refractivity (Wildman–Crippen MR) is 92.0 cm³/mol. The van der Waals surface area contributed by atoms with Gasteiger partial charge in [-0.25, -0.2) is 0 Å². The third-order valence-electron chi connectivity index (χ3n) is 6.07. The molecule has 2 fully saturated rings. The molecular formula is C18H20N6O. The number of aromatic nitrogens is 5. The number of hydrogen-bond donors (Lipinski definition) is 1. The minimum absolute atomic E-state index is 0.142. The summed E-state index contributed by atoms with van der Waals surface area (Å²) < 4.78 is 2.05. The van der Waals surface area contributed by atoms with Crippen LogP contribution in [-0.4, -0.2) is 49.1 Å². The van der Waals surface area contributed by atoms with Crippen molar-refractivity contribution in [2.24, 2.45) is 12.5 Å². The lowest BCUT2D eigenvalue weighted by atomic mass is 9.90. The largest absolute Gasteiger partial charge is 0.351 e. The van der Waals surface area contributed by atoms with Gasteiger partial charge in [-0.2, -0.15) is 5.21 Å². The van der Waals surface area contributed by atoms with Crippen LogP contribution in [-0.2, 0) is 7.05 Å². The van der Waals surface area contributed by atoms with E-state index in [0.29, 0.717) is 5.92 Å². The van der Waals surface area contributed by atoms with E-state index >= 15 is 0 Å². The van der Waals surface area contributed by atoms with Crippen molar-refractivity contribution < 1.29 is 4.79 Å². The number of piperidine rings is 1. The van der Waals surface area contributed by atoms with Crippen LogP contribution in [0.25, 0.3) is 10.9 Å². The van der Waals surface area contributed by atoms with Crippen LogP contribution in [0.15, 0.2) is 30.5 Å². The Hall–Kier alpha value is -2.70. The van der Waals surface area contributed by atoms with E-state index in [1.807, 2.05) is 36.3 Å². The zero-order valence-corrected chi connectivity index (χ0v) is 14.1. The second-order valence-corrected chi connectivity index (χ2v) is 7.35. The molecule has 2 aromatic heterocycles. The van der Waals surface area contributed by atoms with E-state index in [1.54, 1.807) is 0 Å². The number of fused-ring (bicyclic) bond motifs is 1. The van der Waals surface area contributed by atoms with Crippen molar-refractivity contribution in [3.05, 3.63) is 41.9 Å². The summed E-state index contributed by atoms with van der Waals surface area (Å²) in [7, 11) is 2.01. The molecular weight excluding hydrogens is 316 g/mol. The lowest BCUT2D eigenvalue weighted by Crippen LogP contribution is -2.39. The summed E-state index contributed by atoms with van der Waals surface area (Å²) in [6.07, 6.45) is 5.15. The molecule has 1 unspecified atom stereocenters. The first-order chi connectivity index (χ1) is 12.2. The average molecular weight is 336 g/mol. The maximum absolute atomic E-state index is 13.0. The van der Waals surface area contributed by atoms with E-state index < -0.39 is 0 Å². The van der Waals surface area contributed by atoms with Crippen LogP contribution >= 0.6 is 0 Å². The highest BCUT2D eigenvalue weighted by atomic mass is 16.2. The summed E-state index contributed by atoms with van der Waals surface area (Å²) in [6, 6.07) is 7.99. The average Bonchev–Trinajstić information content (AvgIpc) is 3.02. The molecule has 3 heterocycles. The molecule has 1 saturated heterocycles. The van der Waals surface area contributed by atoms with E-state index in [0.717, 1.165) is 54.6 Å². The second-order valence-electron chi connectivity index (χ2n) is 7.35. The molecule has 3 aromatic rings. The van der Waals surface area contributed by atoms with Crippen LogP contribution in [0, 0.1) is 5.41 Å². The van der Waals surface area contributed by atoms with Crippen LogP contribution in [0.4, 0.5) is 0 Å². The first-order valence-corrected chi connectivity index (χ1v) is 8.75. The maximum Gasteiger partial charge on any atom is 0.254 e. The van der Waals surface area contributed by atoms with Gasteiger partial charge < -0.3 is 9.47 Å². The number of carbonyl (C=O) groups excluding carboxylic acids is 1. The lowest BCUT2D eigenvalue weighted by molar-refractivity contribution is 0.0676. The number of aryl methyl sites for hydroxylation is 1. The number of hydrogen-bond acceptors (Lipinski definition) is 4. The van der Waals surface area contributed by atoms with Gasteiger partial charge in [-0.3, -0.25) is 4.79 Å². The number of rotatable bonds is 2. The monoisotopic (exact) mass is 336 g/mol. The van der Waals surface area contributed by atoms with E-state index in [4.69, 9.17) is 0 Å². The van der Waals surface area contributed by atoms with E-state index in [9.17, 15) is 4.79 Å². The normalized spacial score (nSPS) is 21.8. The number of carbonyl (C=O) groups is 1. The molecule has 0 bridgehead atoms. The van der Waals surface area contributed by atoms with Crippen molar-refractivity contribution in [1.29, 1.82) is 0 Å². The molecule has 128 valence electrons. The Bertz CT molecular complexity index is 936.